The van der Waals surface area contributed by atoms with E-state index in [0.717, 1.165) is 10.6 Å². The zero-order valence-corrected chi connectivity index (χ0v) is 15.2. The molecular weight excluding hydrogens is 392 g/mol. The molecule has 0 amide bonds. The highest BCUT2D eigenvalue weighted by atomic mass is 32.1. The van der Waals surface area contributed by atoms with Crippen molar-refractivity contribution in [3.05, 3.63) is 63.4 Å². The highest BCUT2D eigenvalue weighted by Crippen LogP contribution is 2.30. The first-order valence-electron chi connectivity index (χ1n) is 8.18. The molecule has 0 saturated carbocycles. The number of thiol groups is 1. The van der Waals surface area contributed by atoms with Crippen LogP contribution >= 0.6 is 12.6 Å². The van der Waals surface area contributed by atoms with Crippen LogP contribution in [0.2, 0.25) is 0 Å². The lowest BCUT2D eigenvalue weighted by atomic mass is 10.2. The maximum atomic E-state index is 11.9. The predicted molar refractivity (Wildman–Crippen MR) is 97.5 cm³/mol. The van der Waals surface area contributed by atoms with Gasteiger partial charge in [-0.05, 0) is 12.1 Å². The zero-order chi connectivity index (χ0) is 20.1. The number of hydrogen-bond donors (Lipinski definition) is 2. The Labute approximate surface area is 163 Å². The molecule has 1 aromatic heterocycles. The first-order valence-corrected chi connectivity index (χ1v) is 8.63. The average Bonchev–Trinajstić information content (AvgIpc) is 3.02. The Kier molecular flexibility index (Phi) is 6.16. The van der Waals surface area contributed by atoms with Crippen molar-refractivity contribution in [1.82, 2.24) is 9.55 Å². The highest BCUT2D eigenvalue weighted by Gasteiger charge is 2.40. The summed E-state index contributed by atoms with van der Waals surface area (Å²) in [7, 11) is 0. The number of aromatic nitrogens is 2. The second-order valence-corrected chi connectivity index (χ2v) is 6.15. The number of rotatable bonds is 5. The molecule has 11 heteroatoms. The number of aromatic amines is 1. The van der Waals surface area contributed by atoms with Gasteiger partial charge in [-0.2, -0.15) is 0 Å². The fourth-order valence-corrected chi connectivity index (χ4v) is 2.83. The summed E-state index contributed by atoms with van der Waals surface area (Å²) in [5.41, 5.74) is -1.24. The molecule has 0 bridgehead atoms. The summed E-state index contributed by atoms with van der Waals surface area (Å²) in [5, 5.41) is -0.847. The molecule has 1 fully saturated rings. The van der Waals surface area contributed by atoms with Crippen molar-refractivity contribution in [3.63, 3.8) is 0 Å². The van der Waals surface area contributed by atoms with Crippen molar-refractivity contribution >= 4 is 24.1 Å². The van der Waals surface area contributed by atoms with Crippen molar-refractivity contribution in [2.45, 2.75) is 24.9 Å². The van der Waals surface area contributed by atoms with Crippen LogP contribution in [0.5, 0.6) is 5.75 Å². The van der Waals surface area contributed by atoms with E-state index in [0.29, 0.717) is 5.75 Å². The van der Waals surface area contributed by atoms with E-state index in [9.17, 15) is 19.2 Å². The van der Waals surface area contributed by atoms with Crippen LogP contribution in [0.15, 0.2) is 52.2 Å². The van der Waals surface area contributed by atoms with Crippen molar-refractivity contribution in [2.24, 2.45) is 0 Å². The molecule has 2 aromatic rings. The molecule has 1 saturated heterocycles. The largest absolute Gasteiger partial charge is 0.513 e. The van der Waals surface area contributed by atoms with Crippen LogP contribution in [0.25, 0.3) is 0 Å². The maximum Gasteiger partial charge on any atom is 0.513 e. The summed E-state index contributed by atoms with van der Waals surface area (Å²) in [6, 6.07) is 9.47. The number of nitrogens with one attached hydrogen (secondary N) is 1. The second-order valence-electron chi connectivity index (χ2n) is 5.78. The minimum atomic E-state index is -0.963. The number of carbonyl (C=O) groups excluding carboxylic acids is 2. The molecule has 1 aromatic carbocycles. The molecule has 3 atom stereocenters. The third kappa shape index (κ3) is 5.02. The molecule has 10 nitrogen and oxygen atoms in total. The van der Waals surface area contributed by atoms with E-state index in [1.165, 1.54) is 6.20 Å². The van der Waals surface area contributed by atoms with Gasteiger partial charge in [0.1, 0.15) is 30.8 Å². The Morgan fingerprint density at radius 2 is 1.96 bits per heavy atom. The van der Waals surface area contributed by atoms with Gasteiger partial charge in [0.25, 0.3) is 5.56 Å². The Bertz CT molecular complexity index is 957. The summed E-state index contributed by atoms with van der Waals surface area (Å²) in [4.78, 5) is 48.3. The highest BCUT2D eigenvalue weighted by molar-refractivity contribution is 7.96. The molecule has 0 aliphatic carbocycles. The lowest BCUT2D eigenvalue weighted by Gasteiger charge is -2.17. The van der Waals surface area contributed by atoms with Crippen LogP contribution in [-0.2, 0) is 14.2 Å². The molecule has 3 rings (SSSR count). The number of benzene rings is 1. The standard InChI is InChI=1S/C17H16N2O8S/c20-13-6-7-19(15(21)18-13)14-8-11(27-17(23)28)12(26-14)9-24-16(22)25-10-4-2-1-3-5-10/h1-7,11-12,14H,8-9H2,(H,23,28)(H,18,20,21). The fourth-order valence-electron chi connectivity index (χ4n) is 2.69. The van der Waals surface area contributed by atoms with Crippen LogP contribution in [0.4, 0.5) is 9.59 Å². The molecule has 0 radical (unpaired) electrons. The number of H-pyrrole nitrogens is 1. The van der Waals surface area contributed by atoms with Gasteiger partial charge in [0.15, 0.2) is 0 Å². The van der Waals surface area contributed by atoms with E-state index in [2.05, 4.69) is 17.6 Å². The van der Waals surface area contributed by atoms with E-state index in [4.69, 9.17) is 18.9 Å². The first kappa shape index (κ1) is 19.7. The van der Waals surface area contributed by atoms with Crippen molar-refractivity contribution in [3.8, 4) is 5.75 Å². The third-order valence-electron chi connectivity index (χ3n) is 3.90. The zero-order valence-electron chi connectivity index (χ0n) is 14.3. The Morgan fingerprint density at radius 1 is 1.21 bits per heavy atom. The van der Waals surface area contributed by atoms with E-state index in [1.807, 2.05) is 0 Å². The number of para-hydroxylation sites is 1. The maximum absolute atomic E-state index is 11.9. The molecule has 1 aliphatic heterocycles. The molecule has 28 heavy (non-hydrogen) atoms. The molecule has 2 heterocycles. The molecule has 0 spiro atoms. The van der Waals surface area contributed by atoms with Crippen molar-refractivity contribution in [2.75, 3.05) is 6.61 Å². The summed E-state index contributed by atoms with van der Waals surface area (Å²) < 4.78 is 21.9. The van der Waals surface area contributed by atoms with Crippen LogP contribution < -0.4 is 16.0 Å². The van der Waals surface area contributed by atoms with E-state index < -0.39 is 41.1 Å². The number of nitrogens with zero attached hydrogens (tertiary/aromatic N) is 1. The van der Waals surface area contributed by atoms with Crippen LogP contribution in [-0.4, -0.2) is 39.8 Å². The van der Waals surface area contributed by atoms with Gasteiger partial charge in [-0.15, -0.1) is 0 Å². The average molecular weight is 408 g/mol. The molecule has 1 N–H and O–H groups in total. The fraction of sp³-hybridized carbons (Fsp3) is 0.294. The van der Waals surface area contributed by atoms with E-state index >= 15 is 0 Å². The lowest BCUT2D eigenvalue weighted by molar-refractivity contribution is -0.0537. The smallest absolute Gasteiger partial charge is 0.451 e. The number of carbonyl (C=O) groups is 2. The van der Waals surface area contributed by atoms with Gasteiger partial charge in [-0.3, -0.25) is 14.3 Å². The van der Waals surface area contributed by atoms with Gasteiger partial charge in [0, 0.05) is 18.7 Å². The van der Waals surface area contributed by atoms with Crippen LogP contribution in [0, 0.1) is 0 Å². The van der Waals surface area contributed by atoms with Gasteiger partial charge < -0.3 is 18.9 Å². The van der Waals surface area contributed by atoms with Crippen molar-refractivity contribution in [1.29, 1.82) is 0 Å². The summed E-state index contributed by atoms with van der Waals surface area (Å²) in [5.74, 6) is 0.302. The first-order chi connectivity index (χ1) is 13.4. The van der Waals surface area contributed by atoms with Crippen LogP contribution in [0.1, 0.15) is 12.6 Å². The van der Waals surface area contributed by atoms with Gasteiger partial charge in [-0.1, -0.05) is 30.8 Å². The third-order valence-corrected chi connectivity index (χ3v) is 4.01. The second kappa shape index (κ2) is 8.76. The number of ether oxygens (including phenoxy) is 4. The topological polar surface area (TPSA) is 126 Å². The Morgan fingerprint density at radius 3 is 2.64 bits per heavy atom. The monoisotopic (exact) mass is 408 g/mol. The minimum absolute atomic E-state index is 0.0972. The molecule has 148 valence electrons. The van der Waals surface area contributed by atoms with Crippen molar-refractivity contribution < 1.29 is 28.5 Å². The van der Waals surface area contributed by atoms with Crippen LogP contribution in [0.3, 0.4) is 0 Å². The number of hydrogen-bond acceptors (Lipinski definition) is 8. The lowest BCUT2D eigenvalue weighted by Crippen LogP contribution is -2.32. The van der Waals surface area contributed by atoms with Gasteiger partial charge in [-0.25, -0.2) is 14.4 Å². The van der Waals surface area contributed by atoms with Gasteiger partial charge >= 0.3 is 17.1 Å². The van der Waals surface area contributed by atoms with Gasteiger partial charge in [0.05, 0.1) is 0 Å². The van der Waals surface area contributed by atoms with E-state index in [1.54, 1.807) is 30.3 Å². The quantitative estimate of drug-likeness (QED) is 0.433. The van der Waals surface area contributed by atoms with E-state index in [-0.39, 0.29) is 13.0 Å². The normalized spacial score (nSPS) is 21.1. The molecule has 3 unspecified atom stereocenters. The molecule has 1 aliphatic rings. The summed E-state index contributed by atoms with van der Waals surface area (Å²) in [6.45, 7) is -0.286. The SMILES string of the molecule is O=C(S)OC1CC(n2ccc(=O)[nH]c2=O)OC1COC(=O)Oc1ccccc1. The van der Waals surface area contributed by atoms with Gasteiger partial charge in [0.2, 0.25) is 0 Å². The molecular formula is C17H16N2O8S. The predicted octanol–water partition coefficient (Wildman–Crippen LogP) is 1.47. The Hall–Kier alpha value is -3.05. The summed E-state index contributed by atoms with van der Waals surface area (Å²) in [6.07, 6.45) is -2.11. The Balaban J connectivity index is 1.65. The summed E-state index contributed by atoms with van der Waals surface area (Å²) >= 11 is 3.57. The minimum Gasteiger partial charge on any atom is -0.451 e.